The highest BCUT2D eigenvalue weighted by molar-refractivity contribution is 7.99. The lowest BCUT2D eigenvalue weighted by Crippen LogP contribution is -2.41. The molecule has 0 saturated heterocycles. The van der Waals surface area contributed by atoms with E-state index in [-0.39, 0.29) is 18.2 Å². The number of benzene rings is 1. The summed E-state index contributed by atoms with van der Waals surface area (Å²) in [7, 11) is 0. The maximum atomic E-state index is 12.0. The van der Waals surface area contributed by atoms with Crippen molar-refractivity contribution < 1.29 is 24.2 Å². The van der Waals surface area contributed by atoms with Gasteiger partial charge in [-0.05, 0) is 30.5 Å². The SMILES string of the molecule is CC(C)C[C@H](NC(=O)CCSc1ccc2c(c1)OCCCO2)C(=O)O. The second kappa shape index (κ2) is 9.56. The van der Waals surface area contributed by atoms with Gasteiger partial charge in [0, 0.05) is 23.5 Å². The Morgan fingerprint density at radius 3 is 2.64 bits per heavy atom. The molecule has 2 rings (SSSR count). The predicted molar refractivity (Wildman–Crippen MR) is 96.4 cm³/mol. The molecule has 0 aliphatic carbocycles. The summed E-state index contributed by atoms with van der Waals surface area (Å²) in [5, 5.41) is 11.8. The van der Waals surface area contributed by atoms with Crippen molar-refractivity contribution >= 4 is 23.6 Å². The van der Waals surface area contributed by atoms with E-state index in [0.29, 0.717) is 25.4 Å². The number of hydrogen-bond acceptors (Lipinski definition) is 5. The minimum Gasteiger partial charge on any atom is -0.490 e. The molecule has 0 fully saturated rings. The van der Waals surface area contributed by atoms with Gasteiger partial charge in [0.15, 0.2) is 11.5 Å². The van der Waals surface area contributed by atoms with Gasteiger partial charge in [-0.25, -0.2) is 4.79 Å². The van der Waals surface area contributed by atoms with Gasteiger partial charge in [0.1, 0.15) is 6.04 Å². The number of carbonyl (C=O) groups is 2. The van der Waals surface area contributed by atoms with Crippen LogP contribution in [0.5, 0.6) is 11.5 Å². The first-order valence-corrected chi connectivity index (χ1v) is 9.49. The molecule has 0 unspecified atom stereocenters. The molecule has 0 aromatic heterocycles. The second-order valence-electron chi connectivity index (χ2n) is 6.35. The summed E-state index contributed by atoms with van der Waals surface area (Å²) in [6.07, 6.45) is 1.55. The summed E-state index contributed by atoms with van der Waals surface area (Å²) in [5.74, 6) is 1.02. The zero-order valence-corrected chi connectivity index (χ0v) is 15.4. The van der Waals surface area contributed by atoms with E-state index in [1.165, 1.54) is 11.8 Å². The molecule has 2 N–H and O–H groups in total. The van der Waals surface area contributed by atoms with Crippen molar-refractivity contribution in [2.75, 3.05) is 19.0 Å². The number of ether oxygens (including phenoxy) is 2. The number of amides is 1. The Labute approximate surface area is 152 Å². The molecule has 1 aromatic rings. The van der Waals surface area contributed by atoms with Crippen LogP contribution >= 0.6 is 11.8 Å². The van der Waals surface area contributed by atoms with Crippen LogP contribution in [0.15, 0.2) is 23.1 Å². The van der Waals surface area contributed by atoms with E-state index in [4.69, 9.17) is 14.6 Å². The predicted octanol–water partition coefficient (Wildman–Crippen LogP) is 2.95. The maximum absolute atomic E-state index is 12.0. The van der Waals surface area contributed by atoms with Gasteiger partial charge in [-0.3, -0.25) is 4.79 Å². The van der Waals surface area contributed by atoms with Crippen LogP contribution in [0.2, 0.25) is 0 Å². The van der Waals surface area contributed by atoms with E-state index >= 15 is 0 Å². The van der Waals surface area contributed by atoms with Crippen molar-refractivity contribution in [1.29, 1.82) is 0 Å². The molecule has 1 aliphatic heterocycles. The lowest BCUT2D eigenvalue weighted by Gasteiger charge is -2.16. The third-order valence-corrected chi connectivity index (χ3v) is 4.65. The smallest absolute Gasteiger partial charge is 0.326 e. The second-order valence-corrected chi connectivity index (χ2v) is 7.51. The summed E-state index contributed by atoms with van der Waals surface area (Å²) >= 11 is 1.53. The number of carboxylic acid groups (broad SMARTS) is 1. The minimum absolute atomic E-state index is 0.206. The highest BCUT2D eigenvalue weighted by Gasteiger charge is 2.20. The first-order chi connectivity index (χ1) is 12.0. The molecule has 0 spiro atoms. The van der Waals surface area contributed by atoms with Gasteiger partial charge in [-0.2, -0.15) is 0 Å². The number of nitrogens with one attached hydrogen (secondary N) is 1. The molecule has 1 aromatic carbocycles. The molecule has 6 nitrogen and oxygen atoms in total. The summed E-state index contributed by atoms with van der Waals surface area (Å²) in [6, 6.07) is 4.92. The van der Waals surface area contributed by atoms with Crippen molar-refractivity contribution in [3.8, 4) is 11.5 Å². The quantitative estimate of drug-likeness (QED) is 0.687. The molecule has 25 heavy (non-hydrogen) atoms. The van der Waals surface area contributed by atoms with E-state index in [2.05, 4.69) is 5.32 Å². The van der Waals surface area contributed by atoms with Crippen molar-refractivity contribution in [1.82, 2.24) is 5.32 Å². The molecular weight excluding hydrogens is 342 g/mol. The average Bonchev–Trinajstić information content (AvgIpc) is 2.78. The fraction of sp³-hybridized carbons (Fsp3) is 0.556. The minimum atomic E-state index is -0.988. The van der Waals surface area contributed by atoms with Crippen LogP contribution in [0, 0.1) is 5.92 Å². The van der Waals surface area contributed by atoms with E-state index in [1.807, 2.05) is 32.0 Å². The van der Waals surface area contributed by atoms with Crippen LogP contribution in [0.25, 0.3) is 0 Å². The van der Waals surface area contributed by atoms with Gasteiger partial charge in [-0.1, -0.05) is 13.8 Å². The third kappa shape index (κ3) is 6.49. The lowest BCUT2D eigenvalue weighted by molar-refractivity contribution is -0.142. The fourth-order valence-corrected chi connectivity index (χ4v) is 3.33. The summed E-state index contributed by atoms with van der Waals surface area (Å²) in [6.45, 7) is 5.15. The highest BCUT2D eigenvalue weighted by atomic mass is 32.2. The molecule has 1 heterocycles. The number of fused-ring (bicyclic) bond motifs is 1. The zero-order valence-electron chi connectivity index (χ0n) is 14.6. The van der Waals surface area contributed by atoms with Crippen LogP contribution in [-0.2, 0) is 9.59 Å². The topological polar surface area (TPSA) is 84.9 Å². The van der Waals surface area contributed by atoms with Crippen LogP contribution in [0.3, 0.4) is 0 Å². The molecule has 7 heteroatoms. The Morgan fingerprint density at radius 2 is 1.96 bits per heavy atom. The standard InChI is InChI=1S/C18H25NO5S/c1-12(2)10-14(18(21)22)19-17(20)6-9-25-13-4-5-15-16(11-13)24-8-3-7-23-15/h4-5,11-12,14H,3,6-10H2,1-2H3,(H,19,20)(H,21,22)/t14-/m0/s1. The first kappa shape index (κ1) is 19.4. The number of hydrogen-bond donors (Lipinski definition) is 2. The number of carboxylic acids is 1. The van der Waals surface area contributed by atoms with Gasteiger partial charge < -0.3 is 19.9 Å². The molecule has 0 radical (unpaired) electrons. The van der Waals surface area contributed by atoms with Crippen LogP contribution in [0.1, 0.15) is 33.1 Å². The van der Waals surface area contributed by atoms with E-state index in [9.17, 15) is 9.59 Å². The van der Waals surface area contributed by atoms with E-state index < -0.39 is 12.0 Å². The van der Waals surface area contributed by atoms with Crippen molar-refractivity contribution in [3.63, 3.8) is 0 Å². The summed E-state index contributed by atoms with van der Waals surface area (Å²) < 4.78 is 11.2. The molecule has 1 aliphatic rings. The first-order valence-electron chi connectivity index (χ1n) is 8.50. The molecule has 138 valence electrons. The van der Waals surface area contributed by atoms with Crippen molar-refractivity contribution in [2.24, 2.45) is 5.92 Å². The summed E-state index contributed by atoms with van der Waals surface area (Å²) in [4.78, 5) is 24.2. The Hall–Kier alpha value is -1.89. The van der Waals surface area contributed by atoms with Crippen LogP contribution in [-0.4, -0.2) is 42.0 Å². The largest absolute Gasteiger partial charge is 0.490 e. The van der Waals surface area contributed by atoms with Crippen LogP contribution < -0.4 is 14.8 Å². The Morgan fingerprint density at radius 1 is 1.24 bits per heavy atom. The van der Waals surface area contributed by atoms with Gasteiger partial charge in [0.2, 0.25) is 5.91 Å². The highest BCUT2D eigenvalue weighted by Crippen LogP contribution is 2.34. The molecule has 0 bridgehead atoms. The number of aliphatic carboxylic acids is 1. The number of thioether (sulfide) groups is 1. The molecule has 1 atom stereocenters. The zero-order chi connectivity index (χ0) is 18.2. The maximum Gasteiger partial charge on any atom is 0.326 e. The Balaban J connectivity index is 1.80. The summed E-state index contributed by atoms with van der Waals surface area (Å²) in [5.41, 5.74) is 0. The van der Waals surface area contributed by atoms with Gasteiger partial charge in [0.25, 0.3) is 0 Å². The Bertz CT molecular complexity index is 605. The van der Waals surface area contributed by atoms with E-state index in [0.717, 1.165) is 22.8 Å². The Kier molecular flexibility index (Phi) is 7.43. The van der Waals surface area contributed by atoms with Crippen LogP contribution in [0.4, 0.5) is 0 Å². The van der Waals surface area contributed by atoms with E-state index in [1.54, 1.807) is 0 Å². The average molecular weight is 367 g/mol. The number of rotatable bonds is 8. The fourth-order valence-electron chi connectivity index (χ4n) is 2.45. The number of carbonyl (C=O) groups excluding carboxylic acids is 1. The van der Waals surface area contributed by atoms with Crippen molar-refractivity contribution in [3.05, 3.63) is 18.2 Å². The monoisotopic (exact) mass is 367 g/mol. The van der Waals surface area contributed by atoms with Gasteiger partial charge in [-0.15, -0.1) is 11.8 Å². The lowest BCUT2D eigenvalue weighted by atomic mass is 10.0. The normalized spacial score (nSPS) is 14.7. The van der Waals surface area contributed by atoms with Crippen molar-refractivity contribution in [2.45, 2.75) is 44.0 Å². The molecule has 1 amide bonds. The van der Waals surface area contributed by atoms with Gasteiger partial charge >= 0.3 is 5.97 Å². The molecular formula is C18H25NO5S. The van der Waals surface area contributed by atoms with Gasteiger partial charge in [0.05, 0.1) is 13.2 Å². The molecule has 0 saturated carbocycles. The third-order valence-electron chi connectivity index (χ3n) is 3.66.